The minimum absolute atomic E-state index is 0.451. The number of hydrogen-bond donors (Lipinski definition) is 1. The van der Waals surface area contributed by atoms with Crippen molar-refractivity contribution in [1.29, 1.82) is 0 Å². The Hall–Kier alpha value is -0.760. The first kappa shape index (κ1) is 7.35. The first-order valence-corrected chi connectivity index (χ1v) is 3.43. The highest BCUT2D eigenvalue weighted by atomic mass is 35.5. The summed E-state index contributed by atoms with van der Waals surface area (Å²) in [6.07, 6.45) is 3.50. The first-order valence-electron chi connectivity index (χ1n) is 3.05. The Labute approximate surface area is 64.9 Å². The summed E-state index contributed by atoms with van der Waals surface area (Å²) in [5, 5.41) is 0.451. The van der Waals surface area contributed by atoms with Crippen LogP contribution < -0.4 is 0 Å². The fourth-order valence-corrected chi connectivity index (χ4v) is 0.899. The van der Waals surface area contributed by atoms with Crippen LogP contribution in [0.15, 0.2) is 6.58 Å². The molecule has 0 bridgehead atoms. The van der Waals surface area contributed by atoms with Crippen molar-refractivity contribution in [3.05, 3.63) is 29.3 Å². The Morgan fingerprint density at radius 1 is 1.80 bits per heavy atom. The molecule has 2 nitrogen and oxygen atoms in total. The van der Waals surface area contributed by atoms with Crippen LogP contribution in [0, 0.1) is 6.08 Å². The molecular weight excluding hydrogens is 148 g/mol. The molecule has 0 unspecified atom stereocenters. The van der Waals surface area contributed by atoms with Gasteiger partial charge in [-0.25, -0.2) is 4.98 Å². The predicted octanol–water partition coefficient (Wildman–Crippen LogP) is 1.96. The minimum Gasteiger partial charge on any atom is -0.341 e. The molecule has 0 saturated carbocycles. The molecule has 3 heteroatoms. The van der Waals surface area contributed by atoms with Gasteiger partial charge in [-0.1, -0.05) is 25.1 Å². The van der Waals surface area contributed by atoms with Crippen molar-refractivity contribution in [2.45, 2.75) is 13.3 Å². The second kappa shape index (κ2) is 2.88. The maximum atomic E-state index is 5.68. The molecule has 1 aromatic rings. The number of aromatic amines is 1. The molecule has 1 heterocycles. The van der Waals surface area contributed by atoms with Gasteiger partial charge in [0.1, 0.15) is 5.82 Å². The van der Waals surface area contributed by atoms with E-state index in [1.54, 1.807) is 0 Å². The molecule has 1 aromatic heterocycles. The number of H-pyrrole nitrogens is 1. The van der Waals surface area contributed by atoms with Gasteiger partial charge in [0.2, 0.25) is 0 Å². The third-order valence-corrected chi connectivity index (χ3v) is 1.49. The lowest BCUT2D eigenvalue weighted by Gasteiger charge is -1.82. The molecule has 0 aromatic carbocycles. The summed E-state index contributed by atoms with van der Waals surface area (Å²) in [5.74, 6) is 0.871. The number of halogens is 1. The lowest BCUT2D eigenvalue weighted by molar-refractivity contribution is 0.986. The smallest absolute Gasteiger partial charge is 0.155 e. The fraction of sp³-hybridized carbons (Fsp3) is 0.286. The van der Waals surface area contributed by atoms with E-state index in [9.17, 15) is 0 Å². The highest BCUT2D eigenvalue weighted by Crippen LogP contribution is 2.11. The van der Waals surface area contributed by atoms with Gasteiger partial charge >= 0.3 is 0 Å². The molecule has 1 N–H and O–H groups in total. The Bertz CT molecular complexity index is 240. The van der Waals surface area contributed by atoms with Crippen LogP contribution >= 0.6 is 11.6 Å². The van der Waals surface area contributed by atoms with Gasteiger partial charge in [-0.05, 0) is 0 Å². The van der Waals surface area contributed by atoms with E-state index in [2.05, 4.69) is 22.6 Å². The van der Waals surface area contributed by atoms with Crippen LogP contribution in [-0.4, -0.2) is 9.97 Å². The van der Waals surface area contributed by atoms with Crippen molar-refractivity contribution in [3.8, 4) is 0 Å². The van der Waals surface area contributed by atoms with E-state index in [0.29, 0.717) is 10.8 Å². The summed E-state index contributed by atoms with van der Waals surface area (Å²) in [4.78, 5) is 6.97. The number of rotatable bonds is 2. The topological polar surface area (TPSA) is 28.7 Å². The fourth-order valence-electron chi connectivity index (χ4n) is 0.683. The van der Waals surface area contributed by atoms with Crippen LogP contribution in [0.25, 0.3) is 0 Å². The van der Waals surface area contributed by atoms with Crippen LogP contribution in [0.2, 0.25) is 5.15 Å². The number of hydrogen-bond acceptors (Lipinski definition) is 1. The molecule has 0 aliphatic rings. The molecule has 53 valence electrons. The molecular formula is C7H8ClN2. The Kier molecular flexibility index (Phi) is 2.12. The lowest BCUT2D eigenvalue weighted by atomic mass is 10.4. The number of aryl methyl sites for hydroxylation is 1. The summed E-state index contributed by atoms with van der Waals surface area (Å²) in [5.41, 5.74) is 0.679. The quantitative estimate of drug-likeness (QED) is 0.695. The molecule has 0 saturated heterocycles. The molecule has 1 rings (SSSR count). The lowest BCUT2D eigenvalue weighted by Crippen LogP contribution is -1.80. The average Bonchev–Trinajstić information content (AvgIpc) is 2.30. The van der Waals surface area contributed by atoms with Gasteiger partial charge < -0.3 is 4.98 Å². The third kappa shape index (κ3) is 1.21. The van der Waals surface area contributed by atoms with Crippen LogP contribution in [0.4, 0.5) is 0 Å². The standard InChI is InChI=1S/C7H8ClN2/c1-3-5-7(8)10-6(4-2)9-5/h1,4H2,2H3,(H,9,10). The number of imidazole rings is 1. The van der Waals surface area contributed by atoms with Gasteiger partial charge in [0.25, 0.3) is 0 Å². The number of nitrogens with zero attached hydrogens (tertiary/aromatic N) is 1. The molecule has 0 aliphatic heterocycles. The number of nitrogens with one attached hydrogen (secondary N) is 1. The van der Waals surface area contributed by atoms with Gasteiger partial charge in [0, 0.05) is 12.5 Å². The Balaban J connectivity index is 3.03. The van der Waals surface area contributed by atoms with Crippen molar-refractivity contribution in [1.82, 2.24) is 9.97 Å². The van der Waals surface area contributed by atoms with Crippen LogP contribution in [0.5, 0.6) is 0 Å². The average molecular weight is 156 g/mol. The molecule has 1 radical (unpaired) electrons. The zero-order valence-electron chi connectivity index (χ0n) is 5.74. The zero-order chi connectivity index (χ0) is 7.56. The monoisotopic (exact) mass is 155 g/mol. The van der Waals surface area contributed by atoms with E-state index in [0.717, 1.165) is 12.2 Å². The molecule has 0 atom stereocenters. The van der Waals surface area contributed by atoms with E-state index in [1.807, 2.05) is 6.92 Å². The predicted molar refractivity (Wildman–Crippen MR) is 40.9 cm³/mol. The second-order valence-electron chi connectivity index (χ2n) is 1.88. The van der Waals surface area contributed by atoms with E-state index in [1.165, 1.54) is 0 Å². The van der Waals surface area contributed by atoms with Crippen LogP contribution in [0.1, 0.15) is 18.4 Å². The van der Waals surface area contributed by atoms with Gasteiger partial charge in [-0.15, -0.1) is 0 Å². The van der Waals surface area contributed by atoms with Gasteiger partial charge in [0.15, 0.2) is 5.15 Å². The maximum absolute atomic E-state index is 5.68. The van der Waals surface area contributed by atoms with E-state index in [-0.39, 0.29) is 0 Å². The Morgan fingerprint density at radius 2 is 2.50 bits per heavy atom. The maximum Gasteiger partial charge on any atom is 0.155 e. The van der Waals surface area contributed by atoms with E-state index >= 15 is 0 Å². The molecule has 0 spiro atoms. The molecule has 0 amide bonds. The molecule has 0 fully saturated rings. The van der Waals surface area contributed by atoms with Crippen LogP contribution in [0.3, 0.4) is 0 Å². The SMILES string of the molecule is C=[C]c1[nH]c(CC)nc1Cl. The van der Waals surface area contributed by atoms with Crippen LogP contribution in [-0.2, 0) is 6.42 Å². The Morgan fingerprint density at radius 3 is 2.80 bits per heavy atom. The van der Waals surface area contributed by atoms with Crippen molar-refractivity contribution >= 4 is 11.6 Å². The summed E-state index contributed by atoms with van der Waals surface area (Å²) < 4.78 is 0. The third-order valence-electron chi connectivity index (χ3n) is 1.22. The van der Waals surface area contributed by atoms with Crippen molar-refractivity contribution in [2.75, 3.05) is 0 Å². The van der Waals surface area contributed by atoms with Gasteiger partial charge in [-0.2, -0.15) is 0 Å². The summed E-state index contributed by atoms with van der Waals surface area (Å²) in [6, 6.07) is 0. The minimum atomic E-state index is 0.451. The highest BCUT2D eigenvalue weighted by Gasteiger charge is 2.01. The van der Waals surface area contributed by atoms with E-state index < -0.39 is 0 Å². The highest BCUT2D eigenvalue weighted by molar-refractivity contribution is 6.30. The summed E-state index contributed by atoms with van der Waals surface area (Å²) in [7, 11) is 0. The van der Waals surface area contributed by atoms with Crippen molar-refractivity contribution in [3.63, 3.8) is 0 Å². The normalized spacial score (nSPS) is 9.80. The number of aromatic nitrogens is 2. The summed E-state index contributed by atoms with van der Waals surface area (Å²) >= 11 is 5.68. The molecule has 0 aliphatic carbocycles. The van der Waals surface area contributed by atoms with Gasteiger partial charge in [-0.3, -0.25) is 0 Å². The second-order valence-corrected chi connectivity index (χ2v) is 2.24. The van der Waals surface area contributed by atoms with Gasteiger partial charge in [0.05, 0.1) is 5.69 Å². The largest absolute Gasteiger partial charge is 0.341 e. The van der Waals surface area contributed by atoms with Crippen molar-refractivity contribution < 1.29 is 0 Å². The molecule has 10 heavy (non-hydrogen) atoms. The van der Waals surface area contributed by atoms with E-state index in [4.69, 9.17) is 11.6 Å². The zero-order valence-corrected chi connectivity index (χ0v) is 6.50. The first-order chi connectivity index (χ1) is 4.77. The summed E-state index contributed by atoms with van der Waals surface area (Å²) in [6.45, 7) is 5.46. The van der Waals surface area contributed by atoms with Crippen molar-refractivity contribution in [2.24, 2.45) is 0 Å².